The highest BCUT2D eigenvalue weighted by Gasteiger charge is 2.11. The predicted octanol–water partition coefficient (Wildman–Crippen LogP) is -0.497. The fraction of sp³-hybridized carbons (Fsp3) is 0.286. The van der Waals surface area contributed by atoms with Gasteiger partial charge in [0.1, 0.15) is 0 Å². The van der Waals surface area contributed by atoms with Crippen molar-refractivity contribution >= 4 is 23.5 Å². The number of aromatic nitrogens is 2. The van der Waals surface area contributed by atoms with Gasteiger partial charge in [0.05, 0.1) is 6.61 Å². The average molecular weight is 213 g/mol. The highest BCUT2D eigenvalue weighted by atomic mass is 16.5. The van der Waals surface area contributed by atoms with Gasteiger partial charge in [-0.3, -0.25) is 15.1 Å². The first-order chi connectivity index (χ1) is 7.04. The standard InChI is InChI=1S/C7H11N5O3/c1-2-15-7(14)10-3-4(8)11-6(9)12-5(3)13/h2H2,1H3,(H,10,14)(H5,8,9,11,12,13). The predicted molar refractivity (Wildman–Crippen MR) is 54.3 cm³/mol. The lowest BCUT2D eigenvalue weighted by Crippen LogP contribution is -2.23. The van der Waals surface area contributed by atoms with Gasteiger partial charge in [-0.2, -0.15) is 4.98 Å². The van der Waals surface area contributed by atoms with Gasteiger partial charge in [-0.25, -0.2) is 4.79 Å². The number of nitrogens with one attached hydrogen (secondary N) is 2. The Hall–Kier alpha value is -2.25. The zero-order valence-corrected chi connectivity index (χ0v) is 8.03. The number of anilines is 3. The summed E-state index contributed by atoms with van der Waals surface area (Å²) < 4.78 is 4.57. The largest absolute Gasteiger partial charge is 0.450 e. The molecular weight excluding hydrogens is 202 g/mol. The topological polar surface area (TPSA) is 136 Å². The highest BCUT2D eigenvalue weighted by molar-refractivity contribution is 5.87. The van der Waals surface area contributed by atoms with Gasteiger partial charge in [0.2, 0.25) is 5.95 Å². The lowest BCUT2D eigenvalue weighted by molar-refractivity contribution is 0.168. The maximum atomic E-state index is 11.3. The van der Waals surface area contributed by atoms with Crippen molar-refractivity contribution in [1.29, 1.82) is 0 Å². The van der Waals surface area contributed by atoms with Crippen LogP contribution >= 0.6 is 0 Å². The van der Waals surface area contributed by atoms with Crippen molar-refractivity contribution in [1.82, 2.24) is 9.97 Å². The van der Waals surface area contributed by atoms with Gasteiger partial charge in [0, 0.05) is 0 Å². The molecule has 8 heteroatoms. The number of nitrogens with zero attached hydrogens (tertiary/aromatic N) is 1. The summed E-state index contributed by atoms with van der Waals surface area (Å²) in [5.41, 5.74) is 9.80. The first-order valence-corrected chi connectivity index (χ1v) is 4.13. The summed E-state index contributed by atoms with van der Waals surface area (Å²) >= 11 is 0. The molecule has 0 atom stereocenters. The first kappa shape index (κ1) is 10.8. The van der Waals surface area contributed by atoms with Crippen molar-refractivity contribution in [3.63, 3.8) is 0 Å². The summed E-state index contributed by atoms with van der Waals surface area (Å²) in [6, 6.07) is 0. The van der Waals surface area contributed by atoms with Gasteiger partial charge in [0.15, 0.2) is 11.5 Å². The third-order valence-corrected chi connectivity index (χ3v) is 1.47. The number of carbonyl (C=O) groups is 1. The Kier molecular flexibility index (Phi) is 3.11. The molecule has 0 saturated heterocycles. The molecular formula is C7H11N5O3. The second-order valence-electron chi connectivity index (χ2n) is 2.56. The van der Waals surface area contributed by atoms with Crippen molar-refractivity contribution in [3.8, 4) is 0 Å². The van der Waals surface area contributed by atoms with Crippen molar-refractivity contribution < 1.29 is 9.53 Å². The number of nitrogens with two attached hydrogens (primary N) is 2. The van der Waals surface area contributed by atoms with Gasteiger partial charge in [-0.1, -0.05) is 0 Å². The van der Waals surface area contributed by atoms with E-state index >= 15 is 0 Å². The minimum atomic E-state index is -0.777. The summed E-state index contributed by atoms with van der Waals surface area (Å²) in [7, 11) is 0. The molecule has 8 nitrogen and oxygen atoms in total. The van der Waals surface area contributed by atoms with Gasteiger partial charge >= 0.3 is 6.09 Å². The second kappa shape index (κ2) is 4.31. The van der Waals surface area contributed by atoms with Crippen LogP contribution in [0.3, 0.4) is 0 Å². The lowest BCUT2D eigenvalue weighted by Gasteiger charge is -2.06. The molecule has 15 heavy (non-hydrogen) atoms. The minimum absolute atomic E-state index is 0.119. The minimum Gasteiger partial charge on any atom is -0.450 e. The van der Waals surface area contributed by atoms with Crippen LogP contribution < -0.4 is 22.3 Å². The average Bonchev–Trinajstić information content (AvgIpc) is 2.11. The molecule has 1 aromatic rings. The summed E-state index contributed by atoms with van der Waals surface area (Å²) in [4.78, 5) is 28.0. The van der Waals surface area contributed by atoms with Crippen molar-refractivity contribution in [2.75, 3.05) is 23.4 Å². The van der Waals surface area contributed by atoms with Crippen LogP contribution in [0.5, 0.6) is 0 Å². The Morgan fingerprint density at radius 2 is 2.27 bits per heavy atom. The molecule has 0 aromatic carbocycles. The molecule has 1 amide bonds. The Labute approximate surface area is 84.6 Å². The van der Waals surface area contributed by atoms with Gasteiger partial charge < -0.3 is 16.2 Å². The van der Waals surface area contributed by atoms with Crippen molar-refractivity contribution in [3.05, 3.63) is 10.4 Å². The van der Waals surface area contributed by atoms with E-state index in [9.17, 15) is 9.59 Å². The first-order valence-electron chi connectivity index (χ1n) is 4.13. The third-order valence-electron chi connectivity index (χ3n) is 1.47. The molecule has 0 saturated carbocycles. The van der Waals surface area contributed by atoms with E-state index in [1.807, 2.05) is 0 Å². The van der Waals surface area contributed by atoms with Crippen LogP contribution in [-0.4, -0.2) is 22.7 Å². The van der Waals surface area contributed by atoms with Crippen LogP contribution in [0.2, 0.25) is 0 Å². The number of rotatable bonds is 2. The van der Waals surface area contributed by atoms with E-state index in [1.54, 1.807) is 6.92 Å². The van der Waals surface area contributed by atoms with Crippen LogP contribution in [0.1, 0.15) is 6.92 Å². The van der Waals surface area contributed by atoms with E-state index in [0.717, 1.165) is 0 Å². The molecule has 0 spiro atoms. The van der Waals surface area contributed by atoms with Crippen LogP contribution in [0.4, 0.5) is 22.2 Å². The number of hydrogen-bond donors (Lipinski definition) is 4. The summed E-state index contributed by atoms with van der Waals surface area (Å²) in [5.74, 6) is -0.281. The molecule has 1 heterocycles. The molecule has 1 rings (SSSR count). The SMILES string of the molecule is CCOC(=O)Nc1c(N)nc(N)[nH]c1=O. The Balaban J connectivity index is 2.95. The zero-order chi connectivity index (χ0) is 11.4. The molecule has 0 radical (unpaired) electrons. The smallest absolute Gasteiger partial charge is 0.411 e. The molecule has 0 aliphatic carbocycles. The number of H-pyrrole nitrogens is 1. The molecule has 0 aliphatic rings. The Bertz CT molecular complexity index is 427. The molecule has 0 bridgehead atoms. The maximum absolute atomic E-state index is 11.3. The Morgan fingerprint density at radius 3 is 2.80 bits per heavy atom. The molecule has 82 valence electrons. The summed E-state index contributed by atoms with van der Waals surface area (Å²) in [6.45, 7) is 1.82. The molecule has 0 fully saturated rings. The quantitative estimate of drug-likeness (QED) is 0.523. The van der Waals surface area contributed by atoms with E-state index in [-0.39, 0.29) is 24.1 Å². The number of nitrogen functional groups attached to an aromatic ring is 2. The third kappa shape index (κ3) is 2.59. The lowest BCUT2D eigenvalue weighted by atomic mass is 10.4. The van der Waals surface area contributed by atoms with Crippen LogP contribution in [-0.2, 0) is 4.74 Å². The number of amides is 1. The van der Waals surface area contributed by atoms with Gasteiger partial charge in [-0.15, -0.1) is 0 Å². The molecule has 0 unspecified atom stereocenters. The number of ether oxygens (including phenoxy) is 1. The van der Waals surface area contributed by atoms with Crippen LogP contribution in [0, 0.1) is 0 Å². The van der Waals surface area contributed by atoms with Crippen LogP contribution in [0.25, 0.3) is 0 Å². The fourth-order valence-electron chi connectivity index (χ4n) is 0.899. The fourth-order valence-corrected chi connectivity index (χ4v) is 0.899. The normalized spacial score (nSPS) is 9.67. The highest BCUT2D eigenvalue weighted by Crippen LogP contribution is 2.09. The number of aromatic amines is 1. The number of carbonyl (C=O) groups excluding carboxylic acids is 1. The summed E-state index contributed by atoms with van der Waals surface area (Å²) in [5, 5.41) is 2.16. The van der Waals surface area contributed by atoms with Crippen LogP contribution in [0.15, 0.2) is 4.79 Å². The van der Waals surface area contributed by atoms with Gasteiger partial charge in [0.25, 0.3) is 5.56 Å². The maximum Gasteiger partial charge on any atom is 0.411 e. The number of hydrogen-bond acceptors (Lipinski definition) is 6. The molecule has 1 aromatic heterocycles. The second-order valence-corrected chi connectivity index (χ2v) is 2.56. The van der Waals surface area contributed by atoms with Crippen molar-refractivity contribution in [2.45, 2.75) is 6.92 Å². The monoisotopic (exact) mass is 213 g/mol. The van der Waals surface area contributed by atoms with E-state index in [0.29, 0.717) is 0 Å². The van der Waals surface area contributed by atoms with Crippen molar-refractivity contribution in [2.24, 2.45) is 0 Å². The summed E-state index contributed by atoms with van der Waals surface area (Å²) in [6.07, 6.45) is -0.777. The van der Waals surface area contributed by atoms with E-state index in [2.05, 4.69) is 20.0 Å². The Morgan fingerprint density at radius 1 is 1.60 bits per heavy atom. The van der Waals surface area contributed by atoms with Gasteiger partial charge in [-0.05, 0) is 6.92 Å². The molecule has 0 aliphatic heterocycles. The molecule has 6 N–H and O–H groups in total. The van der Waals surface area contributed by atoms with E-state index < -0.39 is 11.7 Å². The van der Waals surface area contributed by atoms with E-state index in [4.69, 9.17) is 11.5 Å². The van der Waals surface area contributed by atoms with E-state index in [1.165, 1.54) is 0 Å². The zero-order valence-electron chi connectivity index (χ0n) is 8.03.